The van der Waals surface area contributed by atoms with Crippen LogP contribution in [0.2, 0.25) is 0 Å². The van der Waals surface area contributed by atoms with E-state index in [0.717, 1.165) is 5.69 Å². The van der Waals surface area contributed by atoms with Crippen LogP contribution in [0.1, 0.15) is 21.6 Å². The summed E-state index contributed by atoms with van der Waals surface area (Å²) >= 11 is 0. The standard InChI is InChI=1S/C15H12N2O3/c1-3-7-16-10-13(8-11(16)2)15(18)12-5-4-6-14(9-12)17(19)20/h1,4-6,8-10H,7H2,2H3. The van der Waals surface area contributed by atoms with Gasteiger partial charge in [-0.25, -0.2) is 0 Å². The van der Waals surface area contributed by atoms with E-state index in [0.29, 0.717) is 12.1 Å². The number of benzene rings is 1. The summed E-state index contributed by atoms with van der Waals surface area (Å²) in [4.78, 5) is 22.5. The lowest BCUT2D eigenvalue weighted by Gasteiger charge is -1.99. The largest absolute Gasteiger partial charge is 0.340 e. The summed E-state index contributed by atoms with van der Waals surface area (Å²) in [6.45, 7) is 2.23. The second-order valence-electron chi connectivity index (χ2n) is 4.34. The lowest BCUT2D eigenvalue weighted by atomic mass is 10.1. The predicted octanol–water partition coefficient (Wildman–Crippen LogP) is 2.57. The molecule has 5 heteroatoms. The number of carbonyl (C=O) groups excluding carboxylic acids is 1. The number of terminal acetylenes is 1. The molecule has 0 fully saturated rings. The molecule has 0 amide bonds. The van der Waals surface area contributed by atoms with Crippen molar-refractivity contribution >= 4 is 11.5 Å². The van der Waals surface area contributed by atoms with Gasteiger partial charge in [-0.2, -0.15) is 0 Å². The number of hydrogen-bond acceptors (Lipinski definition) is 3. The van der Waals surface area contributed by atoms with Gasteiger partial charge < -0.3 is 4.57 Å². The van der Waals surface area contributed by atoms with Gasteiger partial charge in [-0.3, -0.25) is 14.9 Å². The fraction of sp³-hybridized carbons (Fsp3) is 0.133. The van der Waals surface area contributed by atoms with Crippen LogP contribution in [0.25, 0.3) is 0 Å². The molecule has 0 saturated heterocycles. The first kappa shape index (κ1) is 13.6. The van der Waals surface area contributed by atoms with Gasteiger partial charge >= 0.3 is 0 Å². The van der Waals surface area contributed by atoms with Crippen molar-refractivity contribution in [2.24, 2.45) is 0 Å². The van der Waals surface area contributed by atoms with Crippen molar-refractivity contribution < 1.29 is 9.72 Å². The summed E-state index contributed by atoms with van der Waals surface area (Å²) in [5.74, 6) is 2.25. The van der Waals surface area contributed by atoms with Crippen molar-refractivity contribution in [3.63, 3.8) is 0 Å². The molecule has 20 heavy (non-hydrogen) atoms. The average molecular weight is 268 g/mol. The first-order valence-electron chi connectivity index (χ1n) is 5.92. The van der Waals surface area contributed by atoms with E-state index in [-0.39, 0.29) is 17.0 Å². The molecule has 1 heterocycles. The third kappa shape index (κ3) is 2.59. The van der Waals surface area contributed by atoms with E-state index in [2.05, 4.69) is 5.92 Å². The minimum Gasteiger partial charge on any atom is -0.340 e. The van der Waals surface area contributed by atoms with Crippen LogP contribution in [0.15, 0.2) is 36.5 Å². The lowest BCUT2D eigenvalue weighted by Crippen LogP contribution is -2.01. The zero-order valence-corrected chi connectivity index (χ0v) is 10.9. The summed E-state index contributed by atoms with van der Waals surface area (Å²) in [7, 11) is 0. The molecular formula is C15H12N2O3. The second kappa shape index (κ2) is 5.41. The molecule has 0 spiro atoms. The molecule has 0 N–H and O–H groups in total. The smallest absolute Gasteiger partial charge is 0.270 e. The predicted molar refractivity (Wildman–Crippen MR) is 74.5 cm³/mol. The van der Waals surface area contributed by atoms with Crippen LogP contribution in [0.5, 0.6) is 0 Å². The van der Waals surface area contributed by atoms with Gasteiger partial charge in [-0.1, -0.05) is 18.1 Å². The summed E-state index contributed by atoms with van der Waals surface area (Å²) in [6, 6.07) is 7.40. The highest BCUT2D eigenvalue weighted by Crippen LogP contribution is 2.18. The minimum atomic E-state index is -0.522. The van der Waals surface area contributed by atoms with Gasteiger partial charge in [0, 0.05) is 35.2 Å². The molecule has 0 atom stereocenters. The number of carbonyl (C=O) groups is 1. The molecule has 1 aromatic carbocycles. The van der Waals surface area contributed by atoms with Gasteiger partial charge in [0.2, 0.25) is 0 Å². The van der Waals surface area contributed by atoms with Crippen molar-refractivity contribution in [1.82, 2.24) is 4.57 Å². The van der Waals surface area contributed by atoms with E-state index >= 15 is 0 Å². The molecule has 0 bridgehead atoms. The molecule has 2 aromatic rings. The Labute approximate surface area is 116 Å². The van der Waals surface area contributed by atoms with Gasteiger partial charge in [0.1, 0.15) is 0 Å². The van der Waals surface area contributed by atoms with Crippen LogP contribution in [0.4, 0.5) is 5.69 Å². The topological polar surface area (TPSA) is 65.1 Å². The number of aromatic nitrogens is 1. The van der Waals surface area contributed by atoms with E-state index in [4.69, 9.17) is 6.42 Å². The van der Waals surface area contributed by atoms with Crippen LogP contribution < -0.4 is 0 Å². The van der Waals surface area contributed by atoms with Crippen molar-refractivity contribution in [3.05, 3.63) is 63.5 Å². The van der Waals surface area contributed by atoms with Gasteiger partial charge in [0.05, 0.1) is 11.5 Å². The highest BCUT2D eigenvalue weighted by atomic mass is 16.6. The first-order chi connectivity index (χ1) is 9.52. The van der Waals surface area contributed by atoms with Gasteiger partial charge in [0.25, 0.3) is 5.69 Å². The Balaban J connectivity index is 2.36. The number of non-ortho nitro benzene ring substituents is 1. The average Bonchev–Trinajstić information content (AvgIpc) is 2.80. The number of aryl methyl sites for hydroxylation is 1. The van der Waals surface area contributed by atoms with Crippen LogP contribution in [0.3, 0.4) is 0 Å². The maximum Gasteiger partial charge on any atom is 0.270 e. The maximum absolute atomic E-state index is 12.3. The molecule has 2 rings (SSSR count). The Morgan fingerprint density at radius 2 is 2.15 bits per heavy atom. The second-order valence-corrected chi connectivity index (χ2v) is 4.34. The van der Waals surface area contributed by atoms with Crippen molar-refractivity contribution in [2.45, 2.75) is 13.5 Å². The van der Waals surface area contributed by atoms with Crippen molar-refractivity contribution in [1.29, 1.82) is 0 Å². The quantitative estimate of drug-likeness (QED) is 0.370. The van der Waals surface area contributed by atoms with E-state index in [1.165, 1.54) is 18.2 Å². The zero-order valence-electron chi connectivity index (χ0n) is 10.9. The number of ketones is 1. The Morgan fingerprint density at radius 1 is 1.40 bits per heavy atom. The number of nitrogens with zero attached hydrogens (tertiary/aromatic N) is 2. The Hall–Kier alpha value is -2.87. The summed E-state index contributed by atoms with van der Waals surface area (Å²) in [5.41, 5.74) is 1.53. The van der Waals surface area contributed by atoms with E-state index in [1.54, 1.807) is 22.9 Å². The highest BCUT2D eigenvalue weighted by Gasteiger charge is 2.15. The highest BCUT2D eigenvalue weighted by molar-refractivity contribution is 6.09. The molecule has 0 aliphatic rings. The lowest BCUT2D eigenvalue weighted by molar-refractivity contribution is -0.384. The minimum absolute atomic E-state index is 0.101. The molecule has 0 saturated carbocycles. The Kier molecular flexibility index (Phi) is 3.67. The normalized spacial score (nSPS) is 10.0. The summed E-state index contributed by atoms with van der Waals surface area (Å²) < 4.78 is 1.78. The number of hydrogen-bond donors (Lipinski definition) is 0. The molecule has 5 nitrogen and oxygen atoms in total. The SMILES string of the molecule is C#CCn1cc(C(=O)c2cccc([N+](=O)[O-])c2)cc1C. The fourth-order valence-electron chi connectivity index (χ4n) is 1.94. The van der Waals surface area contributed by atoms with E-state index in [9.17, 15) is 14.9 Å². The molecular weight excluding hydrogens is 256 g/mol. The van der Waals surface area contributed by atoms with Gasteiger partial charge in [-0.05, 0) is 13.0 Å². The molecule has 100 valence electrons. The molecule has 0 aliphatic carbocycles. The Bertz CT molecular complexity index is 723. The third-order valence-corrected chi connectivity index (χ3v) is 2.96. The molecule has 0 radical (unpaired) electrons. The van der Waals surface area contributed by atoms with Crippen LogP contribution in [0, 0.1) is 29.4 Å². The van der Waals surface area contributed by atoms with Crippen molar-refractivity contribution in [2.75, 3.05) is 0 Å². The summed E-state index contributed by atoms with van der Waals surface area (Å²) in [5, 5.41) is 10.7. The number of nitro benzene ring substituents is 1. The number of nitro groups is 1. The third-order valence-electron chi connectivity index (χ3n) is 2.96. The molecule has 0 aliphatic heterocycles. The zero-order chi connectivity index (χ0) is 14.7. The van der Waals surface area contributed by atoms with Gasteiger partial charge in [-0.15, -0.1) is 6.42 Å². The Morgan fingerprint density at radius 3 is 2.80 bits per heavy atom. The molecule has 0 unspecified atom stereocenters. The van der Waals surface area contributed by atoms with Crippen LogP contribution >= 0.6 is 0 Å². The van der Waals surface area contributed by atoms with Gasteiger partial charge in [0.15, 0.2) is 5.78 Å². The van der Waals surface area contributed by atoms with E-state index in [1.807, 2.05) is 6.92 Å². The monoisotopic (exact) mass is 268 g/mol. The van der Waals surface area contributed by atoms with Crippen LogP contribution in [-0.4, -0.2) is 15.3 Å². The first-order valence-corrected chi connectivity index (χ1v) is 5.92. The summed E-state index contributed by atoms with van der Waals surface area (Å²) in [6.07, 6.45) is 6.91. The van der Waals surface area contributed by atoms with Crippen molar-refractivity contribution in [3.8, 4) is 12.3 Å². The fourth-order valence-corrected chi connectivity index (χ4v) is 1.94. The number of rotatable bonds is 4. The maximum atomic E-state index is 12.3. The molecule has 1 aromatic heterocycles. The van der Waals surface area contributed by atoms with Crippen LogP contribution in [-0.2, 0) is 6.54 Å². The van der Waals surface area contributed by atoms with E-state index < -0.39 is 4.92 Å².